The molecule has 3 aromatic rings. The second-order valence-electron chi connectivity index (χ2n) is 4.46. The molecule has 0 amide bonds. The molecular weight excluding hydrogens is 228 g/mol. The summed E-state index contributed by atoms with van der Waals surface area (Å²) in [5.74, 6) is 2.30. The van der Waals surface area contributed by atoms with E-state index < -0.39 is 0 Å². The summed E-state index contributed by atoms with van der Waals surface area (Å²) in [5, 5.41) is 0. The van der Waals surface area contributed by atoms with Crippen molar-refractivity contribution in [3.05, 3.63) is 35.3 Å². The van der Waals surface area contributed by atoms with Crippen LogP contribution in [-0.4, -0.2) is 4.98 Å². The van der Waals surface area contributed by atoms with Gasteiger partial charge in [0.15, 0.2) is 5.58 Å². The van der Waals surface area contributed by atoms with E-state index in [0.717, 1.165) is 28.2 Å². The Bertz CT molecular complexity index is 738. The molecule has 0 aliphatic rings. The molecule has 0 spiro atoms. The number of fused-ring (bicyclic) bond motifs is 1. The highest BCUT2D eigenvalue weighted by Gasteiger charge is 2.18. The molecule has 2 N–H and O–H groups in total. The summed E-state index contributed by atoms with van der Waals surface area (Å²) in [4.78, 5) is 4.48. The zero-order valence-corrected chi connectivity index (χ0v) is 10.6. The largest absolute Gasteiger partial charge is 0.466 e. The lowest BCUT2D eigenvalue weighted by Gasteiger charge is -1.93. The number of benzene rings is 1. The third kappa shape index (κ3) is 1.49. The molecule has 0 aliphatic heterocycles. The van der Waals surface area contributed by atoms with Gasteiger partial charge in [-0.15, -0.1) is 0 Å². The number of nitrogen functional groups attached to an aromatic ring is 1. The molecule has 2 heterocycles. The van der Waals surface area contributed by atoms with E-state index in [0.29, 0.717) is 17.2 Å². The van der Waals surface area contributed by atoms with E-state index in [9.17, 15) is 0 Å². The average molecular weight is 242 g/mol. The number of oxazole rings is 1. The fourth-order valence-corrected chi connectivity index (χ4v) is 2.16. The van der Waals surface area contributed by atoms with Crippen molar-refractivity contribution in [3.63, 3.8) is 0 Å². The maximum absolute atomic E-state index is 5.76. The molecule has 92 valence electrons. The fourth-order valence-electron chi connectivity index (χ4n) is 2.16. The second kappa shape index (κ2) is 3.63. The highest BCUT2D eigenvalue weighted by atomic mass is 16.4. The Morgan fingerprint density at radius 2 is 1.83 bits per heavy atom. The molecule has 0 saturated heterocycles. The van der Waals surface area contributed by atoms with E-state index in [1.54, 1.807) is 6.07 Å². The van der Waals surface area contributed by atoms with Crippen LogP contribution < -0.4 is 5.73 Å². The van der Waals surface area contributed by atoms with Crippen LogP contribution in [0.5, 0.6) is 0 Å². The normalized spacial score (nSPS) is 11.3. The summed E-state index contributed by atoms with van der Waals surface area (Å²) < 4.78 is 11.4. The van der Waals surface area contributed by atoms with E-state index in [-0.39, 0.29) is 0 Å². The van der Waals surface area contributed by atoms with Crippen molar-refractivity contribution in [1.29, 1.82) is 0 Å². The van der Waals surface area contributed by atoms with E-state index in [4.69, 9.17) is 14.6 Å². The van der Waals surface area contributed by atoms with E-state index in [1.165, 1.54) is 0 Å². The minimum atomic E-state index is 0.586. The van der Waals surface area contributed by atoms with Crippen molar-refractivity contribution in [2.24, 2.45) is 0 Å². The molecule has 3 rings (SSSR count). The molecule has 0 atom stereocenters. The van der Waals surface area contributed by atoms with Gasteiger partial charge in [-0.3, -0.25) is 0 Å². The van der Waals surface area contributed by atoms with Gasteiger partial charge in [-0.25, -0.2) is 4.98 Å². The lowest BCUT2D eigenvalue weighted by atomic mass is 10.1. The van der Waals surface area contributed by atoms with Gasteiger partial charge < -0.3 is 14.6 Å². The van der Waals surface area contributed by atoms with Crippen LogP contribution in [-0.2, 0) is 0 Å². The standard InChI is InChI=1S/C14H14N2O2/c1-7-8(2)17-9(3)13(7)14-16-11-5-4-10(15)6-12(11)18-14/h4-6H,15H2,1-3H3. The van der Waals surface area contributed by atoms with Crippen LogP contribution in [0.15, 0.2) is 27.0 Å². The number of nitrogens with zero attached hydrogens (tertiary/aromatic N) is 1. The first-order chi connectivity index (χ1) is 8.56. The molecule has 0 unspecified atom stereocenters. The number of aromatic nitrogens is 1. The molecule has 0 saturated carbocycles. The van der Waals surface area contributed by atoms with Crippen LogP contribution >= 0.6 is 0 Å². The maximum atomic E-state index is 5.76. The topological polar surface area (TPSA) is 65.2 Å². The SMILES string of the molecule is Cc1oc(C)c(-c2nc3ccc(N)cc3o2)c1C. The Labute approximate surface area is 104 Å². The average Bonchev–Trinajstić information content (AvgIpc) is 2.80. The zero-order valence-electron chi connectivity index (χ0n) is 10.6. The lowest BCUT2D eigenvalue weighted by Crippen LogP contribution is -1.82. The Kier molecular flexibility index (Phi) is 2.20. The zero-order chi connectivity index (χ0) is 12.9. The predicted molar refractivity (Wildman–Crippen MR) is 70.3 cm³/mol. The van der Waals surface area contributed by atoms with Crippen molar-refractivity contribution in [1.82, 2.24) is 4.98 Å². The summed E-state index contributed by atoms with van der Waals surface area (Å²) >= 11 is 0. The van der Waals surface area contributed by atoms with Crippen molar-refractivity contribution in [2.45, 2.75) is 20.8 Å². The maximum Gasteiger partial charge on any atom is 0.231 e. The highest BCUT2D eigenvalue weighted by Crippen LogP contribution is 2.33. The van der Waals surface area contributed by atoms with Crippen LogP contribution in [0.25, 0.3) is 22.6 Å². The fraction of sp³-hybridized carbons (Fsp3) is 0.214. The predicted octanol–water partition coefficient (Wildman–Crippen LogP) is 3.60. The Balaban J connectivity index is 2.25. The number of aryl methyl sites for hydroxylation is 2. The molecule has 4 nitrogen and oxygen atoms in total. The summed E-state index contributed by atoms with van der Waals surface area (Å²) in [7, 11) is 0. The monoisotopic (exact) mass is 242 g/mol. The van der Waals surface area contributed by atoms with Crippen molar-refractivity contribution in [2.75, 3.05) is 5.73 Å². The summed E-state index contributed by atoms with van der Waals surface area (Å²) in [6.45, 7) is 5.86. The first kappa shape index (κ1) is 10.9. The number of hydrogen-bond acceptors (Lipinski definition) is 4. The summed E-state index contributed by atoms with van der Waals surface area (Å²) in [6.07, 6.45) is 0. The number of hydrogen-bond donors (Lipinski definition) is 1. The van der Waals surface area contributed by atoms with Gasteiger partial charge in [-0.05, 0) is 32.9 Å². The Morgan fingerprint density at radius 1 is 1.06 bits per heavy atom. The van der Waals surface area contributed by atoms with Crippen LogP contribution in [0.1, 0.15) is 17.1 Å². The Hall–Kier alpha value is -2.23. The molecule has 0 fully saturated rings. The molecule has 18 heavy (non-hydrogen) atoms. The first-order valence-corrected chi connectivity index (χ1v) is 5.79. The van der Waals surface area contributed by atoms with Gasteiger partial charge >= 0.3 is 0 Å². The van der Waals surface area contributed by atoms with E-state index in [2.05, 4.69) is 4.98 Å². The Morgan fingerprint density at radius 3 is 2.50 bits per heavy atom. The van der Waals surface area contributed by atoms with Gasteiger partial charge in [0.1, 0.15) is 17.0 Å². The van der Waals surface area contributed by atoms with Gasteiger partial charge in [0.2, 0.25) is 5.89 Å². The van der Waals surface area contributed by atoms with Crippen molar-refractivity contribution < 1.29 is 8.83 Å². The number of rotatable bonds is 1. The first-order valence-electron chi connectivity index (χ1n) is 5.79. The van der Waals surface area contributed by atoms with Gasteiger partial charge in [0.05, 0.1) is 5.56 Å². The molecule has 0 bridgehead atoms. The van der Waals surface area contributed by atoms with Crippen LogP contribution in [0.3, 0.4) is 0 Å². The smallest absolute Gasteiger partial charge is 0.231 e. The van der Waals surface area contributed by atoms with Crippen molar-refractivity contribution in [3.8, 4) is 11.5 Å². The third-order valence-corrected chi connectivity index (χ3v) is 3.19. The molecule has 1 aromatic carbocycles. The van der Waals surface area contributed by atoms with Gasteiger partial charge in [0, 0.05) is 17.3 Å². The lowest BCUT2D eigenvalue weighted by molar-refractivity contribution is 0.502. The minimum Gasteiger partial charge on any atom is -0.466 e. The van der Waals surface area contributed by atoms with Crippen LogP contribution in [0.2, 0.25) is 0 Å². The van der Waals surface area contributed by atoms with E-state index >= 15 is 0 Å². The molecule has 0 radical (unpaired) electrons. The van der Waals surface area contributed by atoms with Crippen molar-refractivity contribution >= 4 is 16.8 Å². The van der Waals surface area contributed by atoms with E-state index in [1.807, 2.05) is 32.9 Å². The van der Waals surface area contributed by atoms with Gasteiger partial charge in [0.25, 0.3) is 0 Å². The summed E-state index contributed by atoms with van der Waals surface area (Å²) in [6, 6.07) is 5.45. The minimum absolute atomic E-state index is 0.586. The highest BCUT2D eigenvalue weighted by molar-refractivity contribution is 5.80. The molecule has 2 aromatic heterocycles. The van der Waals surface area contributed by atoms with Crippen LogP contribution in [0, 0.1) is 20.8 Å². The number of furan rings is 1. The molecular formula is C14H14N2O2. The number of nitrogens with two attached hydrogens (primary N) is 1. The molecule has 0 aliphatic carbocycles. The summed E-state index contributed by atoms with van der Waals surface area (Å²) in [5.41, 5.74) is 9.89. The quantitative estimate of drug-likeness (QED) is 0.662. The van der Waals surface area contributed by atoms with Crippen LogP contribution in [0.4, 0.5) is 5.69 Å². The molecule has 4 heteroatoms. The van der Waals surface area contributed by atoms with Gasteiger partial charge in [-0.2, -0.15) is 0 Å². The number of anilines is 1. The third-order valence-electron chi connectivity index (χ3n) is 3.19. The second-order valence-corrected chi connectivity index (χ2v) is 4.46. The van der Waals surface area contributed by atoms with Gasteiger partial charge in [-0.1, -0.05) is 0 Å².